The van der Waals surface area contributed by atoms with Gasteiger partial charge in [0.25, 0.3) is 0 Å². The number of nitrogens with zero attached hydrogens (tertiary/aromatic N) is 1. The summed E-state index contributed by atoms with van der Waals surface area (Å²) in [6.07, 6.45) is 5.31. The van der Waals surface area contributed by atoms with Crippen LogP contribution in [-0.2, 0) is 9.59 Å². The van der Waals surface area contributed by atoms with Gasteiger partial charge in [-0.05, 0) is 64.4 Å². The zero-order valence-electron chi connectivity index (χ0n) is 18.5. The number of likely N-dealkylation sites (N-methyl/N-ethyl adjacent to an activating group) is 1. The Kier molecular flexibility index (Phi) is 3.99. The Morgan fingerprint density at radius 1 is 1.29 bits per heavy atom. The van der Waals surface area contributed by atoms with E-state index in [1.165, 1.54) is 0 Å². The number of hydrogen-bond acceptors (Lipinski definition) is 6. The van der Waals surface area contributed by atoms with E-state index in [2.05, 4.69) is 5.32 Å². The van der Waals surface area contributed by atoms with Crippen LogP contribution >= 0.6 is 0 Å². The van der Waals surface area contributed by atoms with Gasteiger partial charge in [-0.15, -0.1) is 0 Å². The second-order valence-electron chi connectivity index (χ2n) is 9.89. The number of nitrogens with two attached hydrogens (primary N) is 1. The molecule has 5 atom stereocenters. The number of fused-ring (bicyclic) bond motifs is 2. The Bertz CT molecular complexity index is 1120. The average molecular weight is 424 g/mol. The molecule has 5 rings (SSSR count). The summed E-state index contributed by atoms with van der Waals surface area (Å²) in [4.78, 5) is 27.9. The van der Waals surface area contributed by atoms with Gasteiger partial charge in [0.2, 0.25) is 5.91 Å². The third kappa shape index (κ3) is 2.29. The molecule has 0 aromatic rings. The lowest BCUT2D eigenvalue weighted by molar-refractivity contribution is -0.115. The number of carbonyl (C=O) groups is 2. The first-order valence-electron chi connectivity index (χ1n) is 10.7. The molecule has 1 amide bonds. The van der Waals surface area contributed by atoms with Gasteiger partial charge in [0.05, 0.1) is 17.0 Å². The number of ketones is 1. The maximum atomic E-state index is 13.6. The van der Waals surface area contributed by atoms with Crippen molar-refractivity contribution in [1.82, 2.24) is 10.2 Å². The maximum absolute atomic E-state index is 13.6. The largest absolute Gasteiger partial charge is 0.510 e. The minimum Gasteiger partial charge on any atom is -0.510 e. The standard InChI is InChI=1S/C24H29N3O4/c1-10-7-6-8-12-14(10)18(28)16-19(23(12,3)31)26-20-17(27(4)5)11(2)15(22(25)30)13-9-24(13,20)21(16)29/h8-9,17,19-20,26,29,31H,6-7H2,1-5H3,(H2,25,30)/t17-,19?,20?,23-,24-/m1/s1. The normalized spacial score (nSPS) is 38.9. The molecule has 1 saturated carbocycles. The van der Waals surface area contributed by atoms with Gasteiger partial charge in [0.15, 0.2) is 5.78 Å². The molecule has 2 unspecified atom stereocenters. The molecule has 4 aliphatic carbocycles. The van der Waals surface area contributed by atoms with Crippen LogP contribution in [0.2, 0.25) is 0 Å². The molecule has 164 valence electrons. The Hall–Kier alpha value is -2.48. The zero-order valence-corrected chi connectivity index (χ0v) is 18.5. The van der Waals surface area contributed by atoms with Crippen molar-refractivity contribution in [3.63, 3.8) is 0 Å². The summed E-state index contributed by atoms with van der Waals surface area (Å²) in [5, 5.41) is 26.8. The first-order valence-corrected chi connectivity index (χ1v) is 10.7. The molecule has 5 N–H and O–H groups in total. The van der Waals surface area contributed by atoms with Crippen molar-refractivity contribution in [2.45, 2.75) is 57.3 Å². The van der Waals surface area contributed by atoms with Crippen LogP contribution in [0, 0.1) is 5.41 Å². The number of allylic oxidation sites excluding steroid dienone is 2. The fraction of sp³-hybridized carbons (Fsp3) is 0.500. The third-order valence-electron chi connectivity index (χ3n) is 7.88. The number of Topliss-reactive ketones (excluding diaryl/α,β-unsaturated/α-hetero) is 1. The molecule has 31 heavy (non-hydrogen) atoms. The van der Waals surface area contributed by atoms with E-state index in [9.17, 15) is 19.8 Å². The van der Waals surface area contributed by atoms with Crippen molar-refractivity contribution in [3.05, 3.63) is 56.9 Å². The fourth-order valence-corrected chi connectivity index (χ4v) is 6.43. The minimum atomic E-state index is -1.36. The highest BCUT2D eigenvalue weighted by Gasteiger charge is 2.68. The molecular formula is C24H29N3O4. The summed E-state index contributed by atoms with van der Waals surface area (Å²) >= 11 is 0. The summed E-state index contributed by atoms with van der Waals surface area (Å²) in [5.41, 5.74) is 7.57. The van der Waals surface area contributed by atoms with Crippen LogP contribution in [-0.4, -0.2) is 64.6 Å². The Balaban J connectivity index is 1.75. The number of rotatable bonds is 2. The summed E-state index contributed by atoms with van der Waals surface area (Å²) in [6, 6.07) is -1.35. The number of primary amides is 1. The minimum absolute atomic E-state index is 0.0652. The molecule has 7 nitrogen and oxygen atoms in total. The van der Waals surface area contributed by atoms with Crippen LogP contribution in [0.25, 0.3) is 0 Å². The fourth-order valence-electron chi connectivity index (χ4n) is 6.43. The van der Waals surface area contributed by atoms with Crippen LogP contribution < -0.4 is 11.1 Å². The highest BCUT2D eigenvalue weighted by molar-refractivity contribution is 6.16. The molecular weight excluding hydrogens is 394 g/mol. The first-order chi connectivity index (χ1) is 14.5. The molecule has 0 aromatic heterocycles. The van der Waals surface area contributed by atoms with E-state index >= 15 is 0 Å². The van der Waals surface area contributed by atoms with Gasteiger partial charge in [-0.2, -0.15) is 0 Å². The SMILES string of the molecule is CC1=C2C(=O)C3=C(O)[C@]45C=C4C(C(N)=O)=C(C)[C@@H](N(C)C)C5NC3[C@](C)(O)C2=CCC1. The smallest absolute Gasteiger partial charge is 0.249 e. The first kappa shape index (κ1) is 20.4. The van der Waals surface area contributed by atoms with Crippen LogP contribution in [0.5, 0.6) is 0 Å². The lowest BCUT2D eigenvalue weighted by atomic mass is 9.61. The number of amides is 1. The van der Waals surface area contributed by atoms with Crippen molar-refractivity contribution in [1.29, 1.82) is 0 Å². The van der Waals surface area contributed by atoms with E-state index in [4.69, 9.17) is 5.73 Å². The molecule has 1 heterocycles. The van der Waals surface area contributed by atoms with Crippen molar-refractivity contribution < 1.29 is 19.8 Å². The summed E-state index contributed by atoms with van der Waals surface area (Å²) in [5.74, 6) is -0.848. The topological polar surface area (TPSA) is 116 Å². The third-order valence-corrected chi connectivity index (χ3v) is 7.88. The Morgan fingerprint density at radius 2 is 1.97 bits per heavy atom. The van der Waals surface area contributed by atoms with E-state index in [-0.39, 0.29) is 29.2 Å². The van der Waals surface area contributed by atoms with Gasteiger partial charge >= 0.3 is 0 Å². The van der Waals surface area contributed by atoms with Crippen LogP contribution in [0.3, 0.4) is 0 Å². The van der Waals surface area contributed by atoms with Gasteiger partial charge < -0.3 is 26.2 Å². The van der Waals surface area contributed by atoms with Crippen LogP contribution in [0.1, 0.15) is 33.6 Å². The Labute approximate surface area is 181 Å². The van der Waals surface area contributed by atoms with Crippen molar-refractivity contribution >= 4 is 11.7 Å². The second kappa shape index (κ2) is 6.06. The van der Waals surface area contributed by atoms with E-state index in [0.717, 1.165) is 24.0 Å². The highest BCUT2D eigenvalue weighted by Crippen LogP contribution is 2.64. The van der Waals surface area contributed by atoms with Crippen molar-refractivity contribution in [3.8, 4) is 0 Å². The highest BCUT2D eigenvalue weighted by atomic mass is 16.3. The number of aliphatic hydroxyl groups is 2. The van der Waals surface area contributed by atoms with Crippen molar-refractivity contribution in [2.24, 2.45) is 11.1 Å². The van der Waals surface area contributed by atoms with E-state index < -0.39 is 23.0 Å². The van der Waals surface area contributed by atoms with Gasteiger partial charge in [-0.25, -0.2) is 0 Å². The molecule has 7 heteroatoms. The lowest BCUT2D eigenvalue weighted by Crippen LogP contribution is -2.69. The number of nitrogens with one attached hydrogen (secondary N) is 1. The molecule has 0 bridgehead atoms. The van der Waals surface area contributed by atoms with Crippen LogP contribution in [0.15, 0.2) is 56.9 Å². The molecule has 0 aromatic carbocycles. The number of carbonyl (C=O) groups excluding carboxylic acids is 2. The summed E-state index contributed by atoms with van der Waals surface area (Å²) in [6.45, 7) is 5.50. The predicted octanol–water partition coefficient (Wildman–Crippen LogP) is 1.18. The number of hydrogen-bond donors (Lipinski definition) is 4. The van der Waals surface area contributed by atoms with Gasteiger partial charge in [0.1, 0.15) is 11.4 Å². The molecule has 1 spiro atoms. The zero-order chi connectivity index (χ0) is 22.6. The average Bonchev–Trinajstić information content (AvgIpc) is 3.40. The van der Waals surface area contributed by atoms with Crippen LogP contribution in [0.4, 0.5) is 0 Å². The lowest BCUT2D eigenvalue weighted by Gasteiger charge is -2.53. The molecule has 0 radical (unpaired) electrons. The summed E-state index contributed by atoms with van der Waals surface area (Å²) in [7, 11) is 3.81. The van der Waals surface area contributed by atoms with E-state index in [0.29, 0.717) is 22.3 Å². The molecule has 1 aliphatic heterocycles. The Morgan fingerprint density at radius 3 is 2.58 bits per heavy atom. The number of aliphatic hydroxyl groups excluding tert-OH is 1. The van der Waals surface area contributed by atoms with E-state index in [1.54, 1.807) is 6.92 Å². The second-order valence-corrected chi connectivity index (χ2v) is 9.89. The maximum Gasteiger partial charge on any atom is 0.249 e. The van der Waals surface area contributed by atoms with Gasteiger partial charge in [0, 0.05) is 23.2 Å². The summed E-state index contributed by atoms with van der Waals surface area (Å²) < 4.78 is 0. The van der Waals surface area contributed by atoms with Crippen molar-refractivity contribution in [2.75, 3.05) is 14.1 Å². The van der Waals surface area contributed by atoms with Gasteiger partial charge in [-0.1, -0.05) is 17.7 Å². The van der Waals surface area contributed by atoms with Gasteiger partial charge in [-0.3, -0.25) is 9.59 Å². The quantitative estimate of drug-likeness (QED) is 0.530. The predicted molar refractivity (Wildman–Crippen MR) is 116 cm³/mol. The molecule has 5 aliphatic rings. The molecule has 1 fully saturated rings. The molecule has 0 saturated heterocycles. The monoisotopic (exact) mass is 423 g/mol. The van der Waals surface area contributed by atoms with E-state index in [1.807, 2.05) is 45.0 Å².